The van der Waals surface area contributed by atoms with Crippen molar-refractivity contribution in [3.8, 4) is 6.01 Å². The number of carbonyl (C=O) groups is 1. The molecule has 0 bridgehead atoms. The number of likely N-dealkylation sites (tertiary alicyclic amines) is 1. The van der Waals surface area contributed by atoms with Crippen LogP contribution in [0.15, 0.2) is 23.8 Å². The Hall–Kier alpha value is -3.25. The fraction of sp³-hybridized carbons (Fsp3) is 0.640. The highest BCUT2D eigenvalue weighted by Gasteiger charge is 2.31. The molecule has 0 aromatic carbocycles. The average molecular weight is 517 g/mol. The fourth-order valence-corrected chi connectivity index (χ4v) is 4.93. The van der Waals surface area contributed by atoms with Crippen LogP contribution in [0.1, 0.15) is 32.6 Å². The predicted molar refractivity (Wildman–Crippen MR) is 137 cm³/mol. The van der Waals surface area contributed by atoms with Crippen LogP contribution in [-0.2, 0) is 14.3 Å². The van der Waals surface area contributed by atoms with E-state index in [1.54, 1.807) is 11.8 Å². The maximum absolute atomic E-state index is 12.5. The lowest BCUT2D eigenvalue weighted by atomic mass is 9.95. The van der Waals surface area contributed by atoms with E-state index in [9.17, 15) is 14.9 Å². The molecule has 2 aliphatic heterocycles. The van der Waals surface area contributed by atoms with E-state index in [0.29, 0.717) is 26.4 Å². The Balaban J connectivity index is 1.59. The van der Waals surface area contributed by atoms with Gasteiger partial charge in [0.1, 0.15) is 6.54 Å². The van der Waals surface area contributed by atoms with Gasteiger partial charge in [-0.2, -0.15) is 9.97 Å². The Morgan fingerprint density at radius 3 is 2.86 bits per heavy atom. The van der Waals surface area contributed by atoms with Crippen LogP contribution in [0.4, 0.5) is 17.3 Å². The van der Waals surface area contributed by atoms with Crippen molar-refractivity contribution in [3.05, 3.63) is 33.9 Å². The molecule has 1 aromatic heterocycles. The molecule has 2 saturated heterocycles. The van der Waals surface area contributed by atoms with E-state index >= 15 is 0 Å². The highest BCUT2D eigenvalue weighted by atomic mass is 16.6. The minimum atomic E-state index is -0.618. The smallest absolute Gasteiger partial charge is 0.353 e. The molecule has 2 unspecified atom stereocenters. The van der Waals surface area contributed by atoms with E-state index in [1.807, 2.05) is 0 Å². The number of nitrogens with two attached hydrogens (primary N) is 1. The van der Waals surface area contributed by atoms with Crippen LogP contribution in [0.2, 0.25) is 0 Å². The van der Waals surface area contributed by atoms with Crippen molar-refractivity contribution in [2.75, 3.05) is 69.8 Å². The normalized spacial score (nSPS) is 21.6. The number of aromatic nitrogens is 2. The standard InChI is InChI=1S/C25H36N6O6/c1-2-36-21(32)15-30(14-19-7-5-6-18(12-19)13-29-9-3-4-10-29)24-22(31(33)34)23(26)27-25(28-24)37-17-20-8-11-35-16-20/h5-6,12,19-20H,2-4,7-11,13-17H2,1H3,(H2,26,27,28). The Morgan fingerprint density at radius 2 is 2.16 bits per heavy atom. The summed E-state index contributed by atoms with van der Waals surface area (Å²) in [4.78, 5) is 36.3. The van der Waals surface area contributed by atoms with Crippen LogP contribution in [0.3, 0.4) is 0 Å². The topological polar surface area (TPSA) is 146 Å². The summed E-state index contributed by atoms with van der Waals surface area (Å²) >= 11 is 0. The van der Waals surface area contributed by atoms with E-state index in [2.05, 4.69) is 33.1 Å². The van der Waals surface area contributed by atoms with Crippen LogP contribution in [-0.4, -0.2) is 84.9 Å². The molecular formula is C25H36N6O6. The van der Waals surface area contributed by atoms with Gasteiger partial charge in [0.2, 0.25) is 11.6 Å². The maximum Gasteiger partial charge on any atom is 0.353 e. The molecule has 0 saturated carbocycles. The third-order valence-electron chi connectivity index (χ3n) is 6.73. The molecule has 12 nitrogen and oxygen atoms in total. The van der Waals surface area contributed by atoms with E-state index in [4.69, 9.17) is 19.9 Å². The molecule has 3 aliphatic rings. The first kappa shape index (κ1) is 26.8. The van der Waals surface area contributed by atoms with Crippen LogP contribution in [0.25, 0.3) is 0 Å². The fourth-order valence-electron chi connectivity index (χ4n) is 4.93. The zero-order chi connectivity index (χ0) is 26.2. The van der Waals surface area contributed by atoms with Gasteiger partial charge in [-0.05, 0) is 57.2 Å². The summed E-state index contributed by atoms with van der Waals surface area (Å²) in [6.45, 7) is 6.62. The summed E-state index contributed by atoms with van der Waals surface area (Å²) in [6, 6.07) is -0.0623. The lowest BCUT2D eigenvalue weighted by molar-refractivity contribution is -0.383. The van der Waals surface area contributed by atoms with Gasteiger partial charge in [0.05, 0.1) is 24.7 Å². The molecule has 0 amide bonds. The minimum Gasteiger partial charge on any atom is -0.465 e. The zero-order valence-corrected chi connectivity index (χ0v) is 21.3. The van der Waals surface area contributed by atoms with E-state index in [-0.39, 0.29) is 42.6 Å². The summed E-state index contributed by atoms with van der Waals surface area (Å²) in [5.74, 6) is -0.657. The number of hydrogen-bond donors (Lipinski definition) is 1. The Morgan fingerprint density at radius 1 is 1.35 bits per heavy atom. The SMILES string of the molecule is CCOC(=O)CN(CC1C=C(CN2CCCC2)C=CC1)c1nc(OCC2CCOC2)nc(N)c1[N+](=O)[O-]. The van der Waals surface area contributed by atoms with Crippen LogP contribution >= 0.6 is 0 Å². The highest BCUT2D eigenvalue weighted by molar-refractivity contribution is 5.78. The van der Waals surface area contributed by atoms with Gasteiger partial charge in [0.25, 0.3) is 0 Å². The first-order valence-corrected chi connectivity index (χ1v) is 13.0. The molecule has 0 radical (unpaired) electrons. The van der Waals surface area contributed by atoms with Crippen LogP contribution in [0, 0.1) is 22.0 Å². The monoisotopic (exact) mass is 516 g/mol. The number of ether oxygens (including phenoxy) is 3. The summed E-state index contributed by atoms with van der Waals surface area (Å²) in [5, 5.41) is 12.0. The molecule has 3 heterocycles. The van der Waals surface area contributed by atoms with Crippen molar-refractivity contribution in [1.82, 2.24) is 14.9 Å². The molecule has 202 valence electrons. The highest BCUT2D eigenvalue weighted by Crippen LogP contribution is 2.34. The first-order chi connectivity index (χ1) is 17.9. The predicted octanol–water partition coefficient (Wildman–Crippen LogP) is 2.35. The van der Waals surface area contributed by atoms with Gasteiger partial charge in [-0.3, -0.25) is 19.8 Å². The number of nitrogens with zero attached hydrogens (tertiary/aromatic N) is 5. The first-order valence-electron chi connectivity index (χ1n) is 13.0. The maximum atomic E-state index is 12.5. The Kier molecular flexibility index (Phi) is 9.29. The van der Waals surface area contributed by atoms with Gasteiger partial charge in [-0.15, -0.1) is 0 Å². The molecule has 2 atom stereocenters. The molecule has 37 heavy (non-hydrogen) atoms. The molecule has 1 aromatic rings. The summed E-state index contributed by atoms with van der Waals surface area (Å²) in [6.07, 6.45) is 10.4. The van der Waals surface area contributed by atoms with Crippen molar-refractivity contribution in [1.29, 1.82) is 0 Å². The van der Waals surface area contributed by atoms with E-state index < -0.39 is 16.6 Å². The van der Waals surface area contributed by atoms with Gasteiger partial charge in [-0.1, -0.05) is 18.2 Å². The Bertz CT molecular complexity index is 1020. The second-order valence-corrected chi connectivity index (χ2v) is 9.67. The van der Waals surface area contributed by atoms with Gasteiger partial charge in [-0.25, -0.2) is 0 Å². The average Bonchev–Trinajstić information content (AvgIpc) is 3.57. The molecule has 4 rings (SSSR count). The quantitative estimate of drug-likeness (QED) is 0.248. The molecular weight excluding hydrogens is 480 g/mol. The van der Waals surface area contributed by atoms with Gasteiger partial charge < -0.3 is 24.8 Å². The van der Waals surface area contributed by atoms with E-state index in [0.717, 1.165) is 32.5 Å². The Labute approximate surface area is 216 Å². The lowest BCUT2D eigenvalue weighted by Crippen LogP contribution is -2.36. The molecule has 2 fully saturated rings. The largest absolute Gasteiger partial charge is 0.465 e. The summed E-state index contributed by atoms with van der Waals surface area (Å²) in [5.41, 5.74) is 6.76. The summed E-state index contributed by atoms with van der Waals surface area (Å²) < 4.78 is 16.3. The molecule has 12 heteroatoms. The van der Waals surface area contributed by atoms with E-state index in [1.165, 1.54) is 18.4 Å². The van der Waals surface area contributed by atoms with Crippen molar-refractivity contribution in [2.24, 2.45) is 11.8 Å². The lowest BCUT2D eigenvalue weighted by Gasteiger charge is -2.28. The number of nitrogen functional groups attached to an aromatic ring is 1. The zero-order valence-electron chi connectivity index (χ0n) is 21.3. The number of allylic oxidation sites excluding steroid dienone is 1. The molecule has 2 N–H and O–H groups in total. The number of nitro groups is 1. The number of hydrogen-bond acceptors (Lipinski definition) is 11. The van der Waals surface area contributed by atoms with Crippen LogP contribution < -0.4 is 15.4 Å². The van der Waals surface area contributed by atoms with Crippen molar-refractivity contribution in [2.45, 2.75) is 32.6 Å². The van der Waals surface area contributed by atoms with Crippen LogP contribution in [0.5, 0.6) is 6.01 Å². The number of esters is 1. The second kappa shape index (κ2) is 12.8. The molecule has 1 aliphatic carbocycles. The second-order valence-electron chi connectivity index (χ2n) is 9.67. The number of carbonyl (C=O) groups excluding carboxylic acids is 1. The van der Waals surface area contributed by atoms with Gasteiger partial charge in [0, 0.05) is 25.6 Å². The van der Waals surface area contributed by atoms with Gasteiger partial charge >= 0.3 is 17.7 Å². The number of rotatable bonds is 12. The van der Waals surface area contributed by atoms with Gasteiger partial charge in [0.15, 0.2) is 0 Å². The minimum absolute atomic E-state index is 0.0211. The van der Waals surface area contributed by atoms with Crippen molar-refractivity contribution >= 4 is 23.3 Å². The van der Waals surface area contributed by atoms with Crippen molar-refractivity contribution in [3.63, 3.8) is 0 Å². The molecule has 0 spiro atoms. The van der Waals surface area contributed by atoms with Crippen molar-refractivity contribution < 1.29 is 23.9 Å². The third-order valence-corrected chi connectivity index (χ3v) is 6.73. The summed E-state index contributed by atoms with van der Waals surface area (Å²) in [7, 11) is 0. The third kappa shape index (κ3) is 7.39. The number of anilines is 2.